The summed E-state index contributed by atoms with van der Waals surface area (Å²) in [6.45, 7) is -0.670. The number of halogens is 2. The third-order valence-electron chi connectivity index (χ3n) is 3.69. The minimum absolute atomic E-state index is 0.00577. The van der Waals surface area contributed by atoms with Gasteiger partial charge in [0, 0.05) is 36.3 Å². The molecule has 3 rings (SSSR count). The summed E-state index contributed by atoms with van der Waals surface area (Å²) in [6.07, 6.45) is 6.07. The summed E-state index contributed by atoms with van der Waals surface area (Å²) in [7, 11) is 0. The summed E-state index contributed by atoms with van der Waals surface area (Å²) in [6, 6.07) is 6.71. The van der Waals surface area contributed by atoms with E-state index < -0.39 is 6.61 Å². The second kappa shape index (κ2) is 8.89. The number of aromatic nitrogens is 4. The fourth-order valence-corrected chi connectivity index (χ4v) is 2.47. The quantitative estimate of drug-likeness (QED) is 0.616. The topological polar surface area (TPSA) is 94.0 Å². The Morgan fingerprint density at radius 2 is 2.14 bits per heavy atom. The van der Waals surface area contributed by atoms with Crippen LogP contribution >= 0.6 is 0 Å². The molecule has 8 nitrogen and oxygen atoms in total. The van der Waals surface area contributed by atoms with Crippen molar-refractivity contribution in [1.82, 2.24) is 25.1 Å². The van der Waals surface area contributed by atoms with Crippen LogP contribution in [0.4, 0.5) is 14.6 Å². The summed E-state index contributed by atoms with van der Waals surface area (Å²) in [5.41, 5.74) is 0.920. The van der Waals surface area contributed by atoms with Gasteiger partial charge in [0.2, 0.25) is 5.91 Å². The third kappa shape index (κ3) is 4.78. The van der Waals surface area contributed by atoms with Crippen LogP contribution in [0.25, 0.3) is 16.9 Å². The van der Waals surface area contributed by atoms with E-state index in [0.29, 0.717) is 29.3 Å². The molecule has 0 aliphatic rings. The van der Waals surface area contributed by atoms with E-state index in [1.54, 1.807) is 35.3 Å². The molecule has 3 aromatic rings. The van der Waals surface area contributed by atoms with Crippen LogP contribution in [0.5, 0.6) is 5.75 Å². The number of amides is 1. The van der Waals surface area contributed by atoms with Crippen LogP contribution in [-0.4, -0.2) is 45.4 Å². The van der Waals surface area contributed by atoms with E-state index in [1.165, 1.54) is 18.5 Å². The molecule has 3 aromatic heterocycles. The summed E-state index contributed by atoms with van der Waals surface area (Å²) in [5, 5.41) is 9.59. The first-order chi connectivity index (χ1) is 13.6. The van der Waals surface area contributed by atoms with E-state index in [1.807, 2.05) is 6.92 Å². The Morgan fingerprint density at radius 1 is 1.29 bits per heavy atom. The van der Waals surface area contributed by atoms with E-state index in [9.17, 15) is 13.6 Å². The van der Waals surface area contributed by atoms with E-state index in [2.05, 4.69) is 30.4 Å². The largest absolute Gasteiger partial charge is 0.433 e. The van der Waals surface area contributed by atoms with Crippen molar-refractivity contribution >= 4 is 11.7 Å². The SMILES string of the molecule is CCNC(=O)CNc1cc(-c2ccc(-n3cccn3)nc2)c(OC(F)F)cn1. The van der Waals surface area contributed by atoms with Crippen molar-refractivity contribution in [2.45, 2.75) is 13.5 Å². The number of nitrogens with one attached hydrogen (secondary N) is 2. The van der Waals surface area contributed by atoms with Crippen LogP contribution < -0.4 is 15.4 Å². The maximum atomic E-state index is 12.8. The predicted octanol–water partition coefficient (Wildman–Crippen LogP) is 2.48. The summed E-state index contributed by atoms with van der Waals surface area (Å²) < 4.78 is 31.7. The first-order valence-electron chi connectivity index (χ1n) is 8.48. The lowest BCUT2D eigenvalue weighted by Gasteiger charge is -2.13. The number of alkyl halides is 2. The molecule has 0 aliphatic heterocycles. The number of nitrogens with zero attached hydrogens (tertiary/aromatic N) is 4. The number of carbonyl (C=O) groups is 1. The highest BCUT2D eigenvalue weighted by molar-refractivity contribution is 5.81. The zero-order valence-electron chi connectivity index (χ0n) is 15.0. The van der Waals surface area contributed by atoms with Crippen molar-refractivity contribution in [3.63, 3.8) is 0 Å². The van der Waals surface area contributed by atoms with E-state index in [4.69, 9.17) is 0 Å². The molecule has 10 heteroatoms. The van der Waals surface area contributed by atoms with E-state index >= 15 is 0 Å². The number of rotatable bonds is 8. The molecule has 146 valence electrons. The lowest BCUT2D eigenvalue weighted by molar-refractivity contribution is -0.119. The summed E-state index contributed by atoms with van der Waals surface area (Å²) in [4.78, 5) is 19.9. The van der Waals surface area contributed by atoms with Crippen LogP contribution in [0.1, 0.15) is 6.92 Å². The first kappa shape index (κ1) is 19.2. The Kier molecular flexibility index (Phi) is 6.10. The van der Waals surface area contributed by atoms with Crippen LogP contribution in [0.15, 0.2) is 49.1 Å². The average molecular weight is 388 g/mol. The number of likely N-dealkylation sites (N-methyl/N-ethyl adjacent to an activating group) is 1. The van der Waals surface area contributed by atoms with Crippen molar-refractivity contribution in [3.8, 4) is 22.7 Å². The zero-order chi connectivity index (χ0) is 19.9. The Morgan fingerprint density at radius 3 is 2.79 bits per heavy atom. The van der Waals surface area contributed by atoms with Gasteiger partial charge in [0.05, 0.1) is 12.7 Å². The van der Waals surface area contributed by atoms with Crippen LogP contribution in [0, 0.1) is 0 Å². The lowest BCUT2D eigenvalue weighted by Crippen LogP contribution is -2.29. The Balaban J connectivity index is 1.87. The van der Waals surface area contributed by atoms with Gasteiger partial charge in [0.1, 0.15) is 5.82 Å². The molecular weight excluding hydrogens is 370 g/mol. The second-order valence-electron chi connectivity index (χ2n) is 5.61. The molecule has 3 heterocycles. The standard InChI is InChI=1S/C18H18F2N6O2/c1-2-21-17(27)11-23-15-8-13(14(10-22-15)28-18(19)20)12-4-5-16(24-9-12)26-7-3-6-25-26/h3-10,18H,2,11H2,1H3,(H,21,27)(H,22,23). The Bertz CT molecular complexity index is 916. The molecule has 0 radical (unpaired) electrons. The van der Waals surface area contributed by atoms with Crippen molar-refractivity contribution in [1.29, 1.82) is 0 Å². The smallest absolute Gasteiger partial charge is 0.387 e. The van der Waals surface area contributed by atoms with Gasteiger partial charge in [0.25, 0.3) is 0 Å². The maximum absolute atomic E-state index is 12.8. The number of pyridine rings is 2. The molecule has 0 fully saturated rings. The molecule has 0 aliphatic carbocycles. The van der Waals surface area contributed by atoms with Crippen molar-refractivity contribution in [3.05, 3.63) is 49.1 Å². The summed E-state index contributed by atoms with van der Waals surface area (Å²) in [5.74, 6) is 0.629. The Labute approximate surface area is 159 Å². The number of ether oxygens (including phenoxy) is 1. The van der Waals surface area contributed by atoms with Gasteiger partial charge in [-0.25, -0.2) is 14.6 Å². The van der Waals surface area contributed by atoms with Crippen LogP contribution in [0.3, 0.4) is 0 Å². The predicted molar refractivity (Wildman–Crippen MR) is 98.4 cm³/mol. The minimum atomic E-state index is -2.99. The molecule has 0 aromatic carbocycles. The maximum Gasteiger partial charge on any atom is 0.387 e. The molecule has 0 atom stereocenters. The van der Waals surface area contributed by atoms with Crippen molar-refractivity contribution in [2.24, 2.45) is 0 Å². The Hall–Kier alpha value is -3.56. The highest BCUT2D eigenvalue weighted by Gasteiger charge is 2.14. The number of anilines is 1. The molecule has 0 saturated heterocycles. The second-order valence-corrected chi connectivity index (χ2v) is 5.61. The molecule has 1 amide bonds. The fourth-order valence-electron chi connectivity index (χ4n) is 2.47. The molecule has 0 spiro atoms. The number of hydrogen-bond acceptors (Lipinski definition) is 6. The molecule has 0 bridgehead atoms. The molecule has 2 N–H and O–H groups in total. The molecular formula is C18H18F2N6O2. The van der Waals surface area contributed by atoms with Gasteiger partial charge < -0.3 is 15.4 Å². The van der Waals surface area contributed by atoms with E-state index in [0.717, 1.165) is 0 Å². The van der Waals surface area contributed by atoms with Gasteiger partial charge in [-0.15, -0.1) is 0 Å². The first-order valence-corrected chi connectivity index (χ1v) is 8.48. The van der Waals surface area contributed by atoms with Crippen LogP contribution in [0.2, 0.25) is 0 Å². The molecule has 28 heavy (non-hydrogen) atoms. The normalized spacial score (nSPS) is 10.7. The van der Waals surface area contributed by atoms with Crippen molar-refractivity contribution in [2.75, 3.05) is 18.4 Å². The van der Waals surface area contributed by atoms with Gasteiger partial charge in [-0.05, 0) is 31.2 Å². The fraction of sp³-hybridized carbons (Fsp3) is 0.222. The molecule has 0 unspecified atom stereocenters. The number of carbonyl (C=O) groups excluding carboxylic acids is 1. The number of hydrogen-bond donors (Lipinski definition) is 2. The highest BCUT2D eigenvalue weighted by Crippen LogP contribution is 2.32. The monoisotopic (exact) mass is 388 g/mol. The highest BCUT2D eigenvalue weighted by atomic mass is 19.3. The van der Waals surface area contributed by atoms with Gasteiger partial charge in [-0.2, -0.15) is 13.9 Å². The third-order valence-corrected chi connectivity index (χ3v) is 3.69. The van der Waals surface area contributed by atoms with E-state index in [-0.39, 0.29) is 18.2 Å². The summed E-state index contributed by atoms with van der Waals surface area (Å²) >= 11 is 0. The van der Waals surface area contributed by atoms with Crippen LogP contribution in [-0.2, 0) is 4.79 Å². The minimum Gasteiger partial charge on any atom is -0.433 e. The van der Waals surface area contributed by atoms with Gasteiger partial charge in [-0.3, -0.25) is 4.79 Å². The molecule has 0 saturated carbocycles. The zero-order valence-corrected chi connectivity index (χ0v) is 15.0. The van der Waals surface area contributed by atoms with Crippen molar-refractivity contribution < 1.29 is 18.3 Å². The van der Waals surface area contributed by atoms with Gasteiger partial charge in [0.15, 0.2) is 11.6 Å². The van der Waals surface area contributed by atoms with Gasteiger partial charge >= 0.3 is 6.61 Å². The average Bonchev–Trinajstić information content (AvgIpc) is 3.22. The van der Waals surface area contributed by atoms with Gasteiger partial charge in [-0.1, -0.05) is 0 Å². The lowest BCUT2D eigenvalue weighted by atomic mass is 10.1.